The molecule has 1 aliphatic carbocycles. The van der Waals surface area contributed by atoms with Crippen molar-refractivity contribution in [3.8, 4) is 5.75 Å². The maximum Gasteiger partial charge on any atom is 0.166 e. The minimum absolute atomic E-state index is 0.111. The molecule has 1 unspecified atom stereocenters. The normalized spacial score (nSPS) is 17.3. The van der Waals surface area contributed by atoms with Crippen LogP contribution in [0.1, 0.15) is 28.4 Å². The van der Waals surface area contributed by atoms with Crippen LogP contribution < -0.4 is 4.74 Å². The maximum absolute atomic E-state index is 12.0. The summed E-state index contributed by atoms with van der Waals surface area (Å²) in [5, 5.41) is 0. The summed E-state index contributed by atoms with van der Waals surface area (Å²) in [7, 11) is 0. The van der Waals surface area contributed by atoms with Crippen LogP contribution in [0.5, 0.6) is 5.75 Å². The van der Waals surface area contributed by atoms with E-state index >= 15 is 0 Å². The minimum Gasteiger partial charge on any atom is -0.489 e. The van der Waals surface area contributed by atoms with Crippen molar-refractivity contribution >= 4 is 5.78 Å². The van der Waals surface area contributed by atoms with Gasteiger partial charge in [-0.1, -0.05) is 43.3 Å². The number of Topliss-reactive ketones (excluding diaryl/α,β-unsaturated/α-hetero) is 1. The molecule has 96 valence electrons. The molecule has 0 radical (unpaired) electrons. The first-order chi connectivity index (χ1) is 9.24. The van der Waals surface area contributed by atoms with E-state index in [1.165, 1.54) is 0 Å². The van der Waals surface area contributed by atoms with Crippen LogP contribution in [0.3, 0.4) is 0 Å². The van der Waals surface area contributed by atoms with Gasteiger partial charge in [0.25, 0.3) is 0 Å². The predicted octanol–water partition coefficient (Wildman–Crippen LogP) is 3.64. The highest BCUT2D eigenvalue weighted by Gasteiger charge is 2.26. The molecular formula is C17H16O2. The first kappa shape index (κ1) is 12.0. The number of ether oxygens (including phenoxy) is 1. The average Bonchev–Trinajstić information content (AvgIpc) is 2.73. The first-order valence-corrected chi connectivity index (χ1v) is 6.58. The Labute approximate surface area is 113 Å². The van der Waals surface area contributed by atoms with Crippen molar-refractivity contribution in [3.63, 3.8) is 0 Å². The summed E-state index contributed by atoms with van der Waals surface area (Å²) in [6.45, 7) is 2.51. The molecule has 0 fully saturated rings. The third kappa shape index (κ3) is 2.39. The zero-order chi connectivity index (χ0) is 13.2. The fourth-order valence-corrected chi connectivity index (χ4v) is 2.48. The van der Waals surface area contributed by atoms with E-state index in [0.717, 1.165) is 28.9 Å². The third-order valence-corrected chi connectivity index (χ3v) is 3.57. The molecule has 0 saturated carbocycles. The lowest BCUT2D eigenvalue weighted by molar-refractivity contribution is 0.0946. The van der Waals surface area contributed by atoms with Gasteiger partial charge in [0, 0.05) is 11.5 Å². The summed E-state index contributed by atoms with van der Waals surface area (Å²) >= 11 is 0. The van der Waals surface area contributed by atoms with Crippen molar-refractivity contribution in [1.29, 1.82) is 0 Å². The number of hydrogen-bond acceptors (Lipinski definition) is 2. The number of carbonyl (C=O) groups excluding carboxylic acids is 1. The highest BCUT2D eigenvalue weighted by atomic mass is 16.5. The summed E-state index contributed by atoms with van der Waals surface area (Å²) in [6.07, 6.45) is 0.854. The molecule has 3 rings (SSSR count). The molecule has 1 aliphatic rings. The van der Waals surface area contributed by atoms with E-state index in [2.05, 4.69) is 0 Å². The monoisotopic (exact) mass is 252 g/mol. The van der Waals surface area contributed by atoms with Gasteiger partial charge in [-0.25, -0.2) is 0 Å². The molecule has 2 aromatic carbocycles. The minimum atomic E-state index is 0.111. The number of hydrogen-bond donors (Lipinski definition) is 0. The third-order valence-electron chi connectivity index (χ3n) is 3.57. The van der Waals surface area contributed by atoms with Gasteiger partial charge < -0.3 is 4.74 Å². The SMILES string of the molecule is CC1Cc2ccc(OCc3ccccc3)cc2C1=O. The van der Waals surface area contributed by atoms with Gasteiger partial charge in [0.2, 0.25) is 0 Å². The molecule has 0 aromatic heterocycles. The number of fused-ring (bicyclic) bond motifs is 1. The lowest BCUT2D eigenvalue weighted by atomic mass is 10.1. The molecule has 2 aromatic rings. The summed E-state index contributed by atoms with van der Waals surface area (Å²) in [4.78, 5) is 12.0. The van der Waals surface area contributed by atoms with Crippen LogP contribution in [0.4, 0.5) is 0 Å². The van der Waals surface area contributed by atoms with Crippen molar-refractivity contribution in [2.24, 2.45) is 5.92 Å². The van der Waals surface area contributed by atoms with Crippen molar-refractivity contribution in [3.05, 3.63) is 65.2 Å². The largest absolute Gasteiger partial charge is 0.489 e. The lowest BCUT2D eigenvalue weighted by Gasteiger charge is -2.07. The molecule has 0 aliphatic heterocycles. The molecule has 0 saturated heterocycles. The van der Waals surface area contributed by atoms with E-state index in [-0.39, 0.29) is 11.7 Å². The topological polar surface area (TPSA) is 26.3 Å². The second-order valence-electron chi connectivity index (χ2n) is 5.06. The van der Waals surface area contributed by atoms with E-state index in [1.54, 1.807) is 0 Å². The Kier molecular flexibility index (Phi) is 3.08. The van der Waals surface area contributed by atoms with Crippen LogP contribution in [-0.2, 0) is 13.0 Å². The van der Waals surface area contributed by atoms with Gasteiger partial charge in [0.1, 0.15) is 12.4 Å². The van der Waals surface area contributed by atoms with E-state index < -0.39 is 0 Å². The van der Waals surface area contributed by atoms with Gasteiger partial charge in [-0.2, -0.15) is 0 Å². The summed E-state index contributed by atoms with van der Waals surface area (Å²) in [5.74, 6) is 1.12. The highest BCUT2D eigenvalue weighted by Crippen LogP contribution is 2.29. The Bertz CT molecular complexity index is 602. The number of rotatable bonds is 3. The number of carbonyl (C=O) groups is 1. The zero-order valence-corrected chi connectivity index (χ0v) is 10.9. The van der Waals surface area contributed by atoms with E-state index in [1.807, 2.05) is 55.5 Å². The van der Waals surface area contributed by atoms with Crippen molar-refractivity contribution in [2.75, 3.05) is 0 Å². The van der Waals surface area contributed by atoms with Gasteiger partial charge >= 0.3 is 0 Å². The molecule has 0 N–H and O–H groups in total. The zero-order valence-electron chi connectivity index (χ0n) is 10.9. The van der Waals surface area contributed by atoms with Gasteiger partial charge in [0.15, 0.2) is 5.78 Å². The Morgan fingerprint density at radius 1 is 1.16 bits per heavy atom. The van der Waals surface area contributed by atoms with E-state index in [4.69, 9.17) is 4.74 Å². The van der Waals surface area contributed by atoms with Gasteiger partial charge in [-0.05, 0) is 29.7 Å². The molecule has 0 amide bonds. The molecule has 2 heteroatoms. The van der Waals surface area contributed by atoms with Crippen LogP contribution in [-0.4, -0.2) is 5.78 Å². The Morgan fingerprint density at radius 2 is 1.95 bits per heavy atom. The number of ketones is 1. The van der Waals surface area contributed by atoms with Gasteiger partial charge in [0.05, 0.1) is 0 Å². The smallest absolute Gasteiger partial charge is 0.166 e. The Balaban J connectivity index is 1.75. The quantitative estimate of drug-likeness (QED) is 0.833. The molecule has 0 heterocycles. The molecular weight excluding hydrogens is 236 g/mol. The van der Waals surface area contributed by atoms with Crippen LogP contribution in [0.25, 0.3) is 0 Å². The molecule has 19 heavy (non-hydrogen) atoms. The molecule has 0 bridgehead atoms. The van der Waals surface area contributed by atoms with Crippen molar-refractivity contribution in [2.45, 2.75) is 20.0 Å². The van der Waals surface area contributed by atoms with Crippen molar-refractivity contribution in [1.82, 2.24) is 0 Å². The van der Waals surface area contributed by atoms with E-state index in [0.29, 0.717) is 6.61 Å². The predicted molar refractivity (Wildman–Crippen MR) is 74.4 cm³/mol. The van der Waals surface area contributed by atoms with Crippen LogP contribution >= 0.6 is 0 Å². The van der Waals surface area contributed by atoms with E-state index in [9.17, 15) is 4.79 Å². The Morgan fingerprint density at radius 3 is 2.74 bits per heavy atom. The standard InChI is InChI=1S/C17H16O2/c1-12-9-14-7-8-15(10-16(14)17(12)18)19-11-13-5-3-2-4-6-13/h2-8,10,12H,9,11H2,1H3. The fraction of sp³-hybridized carbons (Fsp3) is 0.235. The fourth-order valence-electron chi connectivity index (χ4n) is 2.48. The molecule has 2 nitrogen and oxygen atoms in total. The second-order valence-corrected chi connectivity index (χ2v) is 5.06. The Hall–Kier alpha value is -2.09. The molecule has 0 spiro atoms. The summed E-state index contributed by atoms with van der Waals surface area (Å²) in [5.41, 5.74) is 3.10. The summed E-state index contributed by atoms with van der Waals surface area (Å²) < 4.78 is 5.75. The second kappa shape index (κ2) is 4.88. The first-order valence-electron chi connectivity index (χ1n) is 6.58. The maximum atomic E-state index is 12.0. The van der Waals surface area contributed by atoms with Crippen LogP contribution in [0, 0.1) is 5.92 Å². The van der Waals surface area contributed by atoms with Crippen LogP contribution in [0.15, 0.2) is 48.5 Å². The summed E-state index contributed by atoms with van der Waals surface area (Å²) in [6, 6.07) is 15.9. The van der Waals surface area contributed by atoms with Gasteiger partial charge in [-0.15, -0.1) is 0 Å². The van der Waals surface area contributed by atoms with Crippen molar-refractivity contribution < 1.29 is 9.53 Å². The lowest BCUT2D eigenvalue weighted by Crippen LogP contribution is -2.03. The number of benzene rings is 2. The van der Waals surface area contributed by atoms with Crippen LogP contribution in [0.2, 0.25) is 0 Å². The highest BCUT2D eigenvalue weighted by molar-refractivity contribution is 6.02. The van der Waals surface area contributed by atoms with Gasteiger partial charge in [-0.3, -0.25) is 4.79 Å². The molecule has 1 atom stereocenters. The average molecular weight is 252 g/mol.